The van der Waals surface area contributed by atoms with E-state index in [2.05, 4.69) is 17.6 Å². The minimum atomic E-state index is -1.35. The van der Waals surface area contributed by atoms with Crippen LogP contribution in [0.25, 0.3) is 10.9 Å². The monoisotopic (exact) mass is 254 g/mol. The maximum atomic E-state index is 12.1. The summed E-state index contributed by atoms with van der Waals surface area (Å²) < 4.78 is 4.81. The standard InChI is InChI=1S/C15H14N2O2/c1-3-8-15(10-16,14(18)19-2)12-9-17-13-7-5-4-6-11(12)13/h3-7,9,17H,1,8H2,2H3. The molecule has 1 aromatic carbocycles. The van der Waals surface area contributed by atoms with Crippen molar-refractivity contribution in [3.05, 3.63) is 48.7 Å². The molecule has 1 atom stereocenters. The fraction of sp³-hybridized carbons (Fsp3) is 0.200. The van der Waals surface area contributed by atoms with E-state index in [0.29, 0.717) is 5.56 Å². The van der Waals surface area contributed by atoms with Crippen LogP contribution < -0.4 is 0 Å². The van der Waals surface area contributed by atoms with Crippen LogP contribution in [0.2, 0.25) is 0 Å². The summed E-state index contributed by atoms with van der Waals surface area (Å²) in [5.41, 5.74) is 0.151. The number of para-hydroxylation sites is 1. The van der Waals surface area contributed by atoms with Gasteiger partial charge >= 0.3 is 5.97 Å². The van der Waals surface area contributed by atoms with Gasteiger partial charge in [-0.05, 0) is 12.5 Å². The normalized spacial score (nSPS) is 13.5. The second-order valence-corrected chi connectivity index (χ2v) is 4.25. The number of nitrogens with zero attached hydrogens (tertiary/aromatic N) is 1. The summed E-state index contributed by atoms with van der Waals surface area (Å²) in [6.45, 7) is 3.63. The van der Waals surface area contributed by atoms with E-state index < -0.39 is 11.4 Å². The molecule has 0 radical (unpaired) electrons. The van der Waals surface area contributed by atoms with E-state index in [4.69, 9.17) is 4.74 Å². The van der Waals surface area contributed by atoms with E-state index in [1.54, 1.807) is 12.3 Å². The molecule has 2 aromatic rings. The van der Waals surface area contributed by atoms with Crippen molar-refractivity contribution in [2.75, 3.05) is 7.11 Å². The summed E-state index contributed by atoms with van der Waals surface area (Å²) in [5, 5.41) is 10.4. The molecule has 19 heavy (non-hydrogen) atoms. The van der Waals surface area contributed by atoms with Crippen molar-refractivity contribution in [3.63, 3.8) is 0 Å². The second kappa shape index (κ2) is 4.99. The maximum Gasteiger partial charge on any atom is 0.331 e. The van der Waals surface area contributed by atoms with Gasteiger partial charge < -0.3 is 9.72 Å². The van der Waals surface area contributed by atoms with Crippen molar-refractivity contribution in [3.8, 4) is 6.07 Å². The van der Waals surface area contributed by atoms with Gasteiger partial charge in [-0.25, -0.2) is 4.79 Å². The Kier molecular flexibility index (Phi) is 3.39. The zero-order chi connectivity index (χ0) is 13.9. The number of ether oxygens (including phenoxy) is 1. The number of nitrogens with one attached hydrogen (secondary N) is 1. The molecule has 1 unspecified atom stereocenters. The number of hydrogen-bond donors (Lipinski definition) is 1. The lowest BCUT2D eigenvalue weighted by molar-refractivity contribution is -0.145. The third-order valence-electron chi connectivity index (χ3n) is 3.22. The Morgan fingerprint density at radius 3 is 2.95 bits per heavy atom. The molecule has 0 spiro atoms. The van der Waals surface area contributed by atoms with Gasteiger partial charge in [0.2, 0.25) is 0 Å². The van der Waals surface area contributed by atoms with Crippen LogP contribution in [0.15, 0.2) is 43.1 Å². The zero-order valence-electron chi connectivity index (χ0n) is 10.6. The number of carbonyl (C=O) groups is 1. The van der Waals surface area contributed by atoms with E-state index >= 15 is 0 Å². The summed E-state index contributed by atoms with van der Waals surface area (Å²) >= 11 is 0. The topological polar surface area (TPSA) is 65.9 Å². The van der Waals surface area contributed by atoms with Crippen LogP contribution in [0, 0.1) is 11.3 Å². The van der Waals surface area contributed by atoms with Gasteiger partial charge in [-0.3, -0.25) is 0 Å². The minimum absolute atomic E-state index is 0.206. The Bertz CT molecular complexity index is 666. The molecule has 96 valence electrons. The molecule has 0 saturated carbocycles. The number of aromatic nitrogens is 1. The summed E-state index contributed by atoms with van der Waals surface area (Å²) in [7, 11) is 1.28. The van der Waals surface area contributed by atoms with Crippen molar-refractivity contribution in [2.24, 2.45) is 0 Å². The van der Waals surface area contributed by atoms with E-state index in [1.165, 1.54) is 7.11 Å². The maximum absolute atomic E-state index is 12.1. The van der Waals surface area contributed by atoms with Crippen molar-refractivity contribution in [1.29, 1.82) is 5.26 Å². The van der Waals surface area contributed by atoms with Crippen LogP contribution in [0.5, 0.6) is 0 Å². The first-order valence-electron chi connectivity index (χ1n) is 5.86. The molecule has 0 bridgehead atoms. The van der Waals surface area contributed by atoms with Crippen molar-refractivity contribution >= 4 is 16.9 Å². The Labute approximate surface area is 111 Å². The van der Waals surface area contributed by atoms with Crippen molar-refractivity contribution < 1.29 is 9.53 Å². The van der Waals surface area contributed by atoms with Crippen LogP contribution in [0.1, 0.15) is 12.0 Å². The lowest BCUT2D eigenvalue weighted by Crippen LogP contribution is -2.34. The van der Waals surface area contributed by atoms with Gasteiger partial charge in [-0.1, -0.05) is 24.3 Å². The molecule has 0 amide bonds. The van der Waals surface area contributed by atoms with Crippen LogP contribution in [0.3, 0.4) is 0 Å². The van der Waals surface area contributed by atoms with Crippen LogP contribution in [-0.2, 0) is 14.9 Å². The number of methoxy groups -OCH3 is 1. The summed E-state index contributed by atoms with van der Waals surface area (Å²) in [6, 6.07) is 9.62. The van der Waals surface area contributed by atoms with Crippen LogP contribution in [0.4, 0.5) is 0 Å². The van der Waals surface area contributed by atoms with E-state index in [9.17, 15) is 10.1 Å². The average molecular weight is 254 g/mol. The quantitative estimate of drug-likeness (QED) is 0.673. The second-order valence-electron chi connectivity index (χ2n) is 4.25. The fourth-order valence-electron chi connectivity index (χ4n) is 2.27. The lowest BCUT2D eigenvalue weighted by atomic mass is 9.79. The highest BCUT2D eigenvalue weighted by atomic mass is 16.5. The SMILES string of the molecule is C=CCC(C#N)(C(=O)OC)c1c[nH]c2ccccc12. The number of aromatic amines is 1. The molecular formula is C15H14N2O2. The number of allylic oxidation sites excluding steroid dienone is 1. The van der Waals surface area contributed by atoms with Gasteiger partial charge in [0.15, 0.2) is 5.41 Å². The zero-order valence-corrected chi connectivity index (χ0v) is 10.6. The number of hydrogen-bond acceptors (Lipinski definition) is 3. The summed E-state index contributed by atoms with van der Waals surface area (Å²) in [4.78, 5) is 15.2. The summed E-state index contributed by atoms with van der Waals surface area (Å²) in [5.74, 6) is -0.570. The van der Waals surface area contributed by atoms with E-state index in [0.717, 1.165) is 10.9 Å². The Morgan fingerprint density at radius 1 is 1.58 bits per heavy atom. The predicted octanol–water partition coefficient (Wildman–Crippen LogP) is 2.68. The molecule has 0 aliphatic rings. The van der Waals surface area contributed by atoms with Crippen molar-refractivity contribution in [2.45, 2.75) is 11.8 Å². The molecule has 2 rings (SSSR count). The fourth-order valence-corrected chi connectivity index (χ4v) is 2.27. The molecule has 0 saturated heterocycles. The third kappa shape index (κ3) is 1.89. The van der Waals surface area contributed by atoms with Gasteiger partial charge in [0.1, 0.15) is 0 Å². The third-order valence-corrected chi connectivity index (χ3v) is 3.22. The van der Waals surface area contributed by atoms with E-state index in [-0.39, 0.29) is 6.42 Å². The first kappa shape index (κ1) is 12.9. The number of rotatable bonds is 4. The Balaban J connectivity index is 2.71. The van der Waals surface area contributed by atoms with Crippen LogP contribution >= 0.6 is 0 Å². The lowest BCUT2D eigenvalue weighted by Gasteiger charge is -2.21. The smallest absolute Gasteiger partial charge is 0.331 e. The highest BCUT2D eigenvalue weighted by Crippen LogP contribution is 2.34. The highest BCUT2D eigenvalue weighted by molar-refractivity contribution is 5.95. The molecule has 1 N–H and O–H groups in total. The number of nitriles is 1. The highest BCUT2D eigenvalue weighted by Gasteiger charge is 2.42. The van der Waals surface area contributed by atoms with Gasteiger partial charge in [-0.15, -0.1) is 6.58 Å². The first-order chi connectivity index (χ1) is 9.19. The summed E-state index contributed by atoms with van der Waals surface area (Å²) in [6.07, 6.45) is 3.45. The predicted molar refractivity (Wildman–Crippen MR) is 72.4 cm³/mol. The average Bonchev–Trinajstić information content (AvgIpc) is 2.88. The van der Waals surface area contributed by atoms with Gasteiger partial charge in [0.25, 0.3) is 0 Å². The van der Waals surface area contributed by atoms with Crippen molar-refractivity contribution in [1.82, 2.24) is 4.98 Å². The number of esters is 1. The van der Waals surface area contributed by atoms with E-state index in [1.807, 2.05) is 24.3 Å². The Hall–Kier alpha value is -2.54. The van der Waals surface area contributed by atoms with Gasteiger partial charge in [-0.2, -0.15) is 5.26 Å². The Morgan fingerprint density at radius 2 is 2.32 bits per heavy atom. The molecule has 0 fully saturated rings. The number of carbonyl (C=O) groups excluding carboxylic acids is 1. The molecular weight excluding hydrogens is 240 g/mol. The number of H-pyrrole nitrogens is 1. The van der Waals surface area contributed by atoms with Gasteiger partial charge in [0, 0.05) is 22.7 Å². The molecule has 0 aliphatic heterocycles. The largest absolute Gasteiger partial charge is 0.468 e. The minimum Gasteiger partial charge on any atom is -0.468 e. The molecule has 1 aromatic heterocycles. The first-order valence-corrected chi connectivity index (χ1v) is 5.86. The number of fused-ring (bicyclic) bond motifs is 1. The number of benzene rings is 1. The molecule has 1 heterocycles. The van der Waals surface area contributed by atoms with Crippen LogP contribution in [-0.4, -0.2) is 18.1 Å². The molecule has 0 aliphatic carbocycles. The molecule has 4 heteroatoms. The molecule has 4 nitrogen and oxygen atoms in total. The van der Waals surface area contributed by atoms with Gasteiger partial charge in [0.05, 0.1) is 13.2 Å².